The second-order valence-corrected chi connectivity index (χ2v) is 8.50. The molecule has 28 heavy (non-hydrogen) atoms. The Labute approximate surface area is 164 Å². The quantitative estimate of drug-likeness (QED) is 0.613. The first kappa shape index (κ1) is 20.0. The molecule has 0 radical (unpaired) electrons. The van der Waals surface area contributed by atoms with E-state index in [1.165, 1.54) is 47.6 Å². The van der Waals surface area contributed by atoms with Crippen molar-refractivity contribution < 1.29 is 22.7 Å². The molecular formula is C20H22N2O5S. The standard InChI is InChI=1S/C20H22N2O5S/c1-15(23)27-18-10-8-16(9-11-18)20(24)21-17-6-5-7-19(14-17)28(25,26)22-12-3-2-4-13-22/h5-11,14H,2-4,12-13H2,1H3,(H,21,24). The van der Waals surface area contributed by atoms with E-state index in [1.54, 1.807) is 12.1 Å². The molecule has 1 N–H and O–H groups in total. The molecule has 0 spiro atoms. The molecule has 2 aromatic carbocycles. The number of carbonyl (C=O) groups excluding carboxylic acids is 2. The Morgan fingerprint density at radius 3 is 2.32 bits per heavy atom. The van der Waals surface area contributed by atoms with Crippen LogP contribution in [0, 0.1) is 0 Å². The van der Waals surface area contributed by atoms with Gasteiger partial charge in [-0.05, 0) is 55.3 Å². The van der Waals surface area contributed by atoms with Crippen LogP contribution in [0.4, 0.5) is 5.69 Å². The van der Waals surface area contributed by atoms with Crippen molar-refractivity contribution in [1.29, 1.82) is 0 Å². The topological polar surface area (TPSA) is 92.8 Å². The Balaban J connectivity index is 1.73. The van der Waals surface area contributed by atoms with Crippen LogP contribution >= 0.6 is 0 Å². The molecule has 2 aromatic rings. The van der Waals surface area contributed by atoms with Gasteiger partial charge in [-0.15, -0.1) is 0 Å². The molecule has 0 aromatic heterocycles. The highest BCUT2D eigenvalue weighted by Gasteiger charge is 2.26. The van der Waals surface area contributed by atoms with E-state index in [2.05, 4.69) is 5.32 Å². The number of hydrogen-bond donors (Lipinski definition) is 1. The summed E-state index contributed by atoms with van der Waals surface area (Å²) in [7, 11) is -3.57. The third-order valence-electron chi connectivity index (χ3n) is 4.42. The number of amides is 1. The van der Waals surface area contributed by atoms with Gasteiger partial charge in [0.1, 0.15) is 5.75 Å². The summed E-state index contributed by atoms with van der Waals surface area (Å²) in [5, 5.41) is 2.70. The second-order valence-electron chi connectivity index (χ2n) is 6.56. The highest BCUT2D eigenvalue weighted by atomic mass is 32.2. The maximum atomic E-state index is 12.8. The van der Waals surface area contributed by atoms with Gasteiger partial charge in [-0.2, -0.15) is 4.31 Å². The van der Waals surface area contributed by atoms with Gasteiger partial charge in [-0.1, -0.05) is 12.5 Å². The van der Waals surface area contributed by atoms with Gasteiger partial charge >= 0.3 is 5.97 Å². The molecule has 0 unspecified atom stereocenters. The minimum atomic E-state index is -3.57. The normalized spacial score (nSPS) is 15.0. The van der Waals surface area contributed by atoms with E-state index >= 15 is 0 Å². The Bertz CT molecular complexity index is 964. The van der Waals surface area contributed by atoms with Gasteiger partial charge in [-0.25, -0.2) is 8.42 Å². The van der Waals surface area contributed by atoms with Crippen molar-refractivity contribution >= 4 is 27.6 Å². The van der Waals surface area contributed by atoms with E-state index in [4.69, 9.17) is 4.74 Å². The number of rotatable bonds is 5. The van der Waals surface area contributed by atoms with Gasteiger partial charge in [0.25, 0.3) is 5.91 Å². The van der Waals surface area contributed by atoms with Gasteiger partial charge in [0, 0.05) is 31.3 Å². The van der Waals surface area contributed by atoms with Gasteiger partial charge in [-0.3, -0.25) is 9.59 Å². The van der Waals surface area contributed by atoms with Gasteiger partial charge in [0.2, 0.25) is 10.0 Å². The van der Waals surface area contributed by atoms with Gasteiger partial charge in [0.05, 0.1) is 4.90 Å². The molecule has 0 aliphatic carbocycles. The highest BCUT2D eigenvalue weighted by Crippen LogP contribution is 2.23. The predicted octanol–water partition coefficient (Wildman–Crippen LogP) is 3.04. The lowest BCUT2D eigenvalue weighted by atomic mass is 10.2. The number of ether oxygens (including phenoxy) is 1. The molecule has 0 saturated carbocycles. The average molecular weight is 402 g/mol. The fourth-order valence-electron chi connectivity index (χ4n) is 3.03. The molecule has 1 aliphatic rings. The molecule has 0 atom stereocenters. The lowest BCUT2D eigenvalue weighted by Gasteiger charge is -2.26. The highest BCUT2D eigenvalue weighted by molar-refractivity contribution is 7.89. The molecule has 0 bridgehead atoms. The molecule has 8 heteroatoms. The van der Waals surface area contributed by atoms with Crippen LogP contribution in [0.25, 0.3) is 0 Å². The maximum Gasteiger partial charge on any atom is 0.308 e. The van der Waals surface area contributed by atoms with Crippen LogP contribution in [0.5, 0.6) is 5.75 Å². The number of anilines is 1. The lowest BCUT2D eigenvalue weighted by Crippen LogP contribution is -2.35. The van der Waals surface area contributed by atoms with Crippen molar-refractivity contribution in [2.45, 2.75) is 31.1 Å². The van der Waals surface area contributed by atoms with Crippen LogP contribution in [0.2, 0.25) is 0 Å². The van der Waals surface area contributed by atoms with Gasteiger partial charge in [0.15, 0.2) is 0 Å². The van der Waals surface area contributed by atoms with E-state index in [9.17, 15) is 18.0 Å². The predicted molar refractivity (Wildman–Crippen MR) is 105 cm³/mol. The summed E-state index contributed by atoms with van der Waals surface area (Å²) in [6.45, 7) is 2.34. The summed E-state index contributed by atoms with van der Waals surface area (Å²) in [5.41, 5.74) is 0.757. The van der Waals surface area contributed by atoms with Crippen LogP contribution < -0.4 is 10.1 Å². The Morgan fingerprint density at radius 1 is 1.00 bits per heavy atom. The van der Waals surface area contributed by atoms with E-state index in [0.717, 1.165) is 19.3 Å². The Kier molecular flexibility index (Phi) is 6.11. The number of sulfonamides is 1. The SMILES string of the molecule is CC(=O)Oc1ccc(C(=O)Nc2cccc(S(=O)(=O)N3CCCCC3)c2)cc1. The van der Waals surface area contributed by atoms with Crippen LogP contribution in [-0.4, -0.2) is 37.7 Å². The number of esters is 1. The average Bonchev–Trinajstić information content (AvgIpc) is 2.69. The summed E-state index contributed by atoms with van der Waals surface area (Å²) in [6, 6.07) is 12.4. The third-order valence-corrected chi connectivity index (χ3v) is 6.32. The second kappa shape index (κ2) is 8.53. The summed E-state index contributed by atoms with van der Waals surface area (Å²) in [6.07, 6.45) is 2.76. The Hall–Kier alpha value is -2.71. The summed E-state index contributed by atoms with van der Waals surface area (Å²) in [5.74, 6) is -0.482. The van der Waals surface area contributed by atoms with Gasteiger partial charge < -0.3 is 10.1 Å². The molecule has 1 amide bonds. The van der Waals surface area contributed by atoms with E-state index in [0.29, 0.717) is 30.1 Å². The molecule has 148 valence electrons. The first-order valence-electron chi connectivity index (χ1n) is 9.06. The summed E-state index contributed by atoms with van der Waals surface area (Å²) in [4.78, 5) is 23.5. The number of hydrogen-bond acceptors (Lipinski definition) is 5. The smallest absolute Gasteiger partial charge is 0.308 e. The van der Waals surface area contributed by atoms with Crippen LogP contribution in [0.15, 0.2) is 53.4 Å². The first-order valence-corrected chi connectivity index (χ1v) is 10.5. The summed E-state index contributed by atoms with van der Waals surface area (Å²) >= 11 is 0. The molecular weight excluding hydrogens is 380 g/mol. The summed E-state index contributed by atoms with van der Waals surface area (Å²) < 4.78 is 32.0. The van der Waals surface area contributed by atoms with Crippen molar-refractivity contribution in [2.24, 2.45) is 0 Å². The van der Waals surface area contributed by atoms with Crippen LogP contribution in [-0.2, 0) is 14.8 Å². The molecule has 1 fully saturated rings. The molecule has 7 nitrogen and oxygen atoms in total. The van der Waals surface area contributed by atoms with Crippen molar-refractivity contribution in [3.8, 4) is 5.75 Å². The number of nitrogens with zero attached hydrogens (tertiary/aromatic N) is 1. The zero-order valence-corrected chi connectivity index (χ0v) is 16.4. The monoisotopic (exact) mass is 402 g/mol. The van der Waals surface area contributed by atoms with Crippen LogP contribution in [0.3, 0.4) is 0 Å². The van der Waals surface area contributed by atoms with E-state index < -0.39 is 16.0 Å². The van der Waals surface area contributed by atoms with Crippen molar-refractivity contribution in [3.05, 3.63) is 54.1 Å². The maximum absolute atomic E-state index is 12.8. The fraction of sp³-hybridized carbons (Fsp3) is 0.300. The Morgan fingerprint density at radius 2 is 1.68 bits per heavy atom. The van der Waals surface area contributed by atoms with Crippen LogP contribution in [0.1, 0.15) is 36.5 Å². The van der Waals surface area contributed by atoms with Crippen molar-refractivity contribution in [3.63, 3.8) is 0 Å². The molecule has 1 heterocycles. The van der Waals surface area contributed by atoms with Crippen molar-refractivity contribution in [1.82, 2.24) is 4.31 Å². The zero-order valence-electron chi connectivity index (χ0n) is 15.6. The first-order chi connectivity index (χ1) is 13.4. The van der Waals surface area contributed by atoms with E-state index in [-0.39, 0.29) is 10.8 Å². The molecule has 1 saturated heterocycles. The zero-order chi connectivity index (χ0) is 20.1. The number of carbonyl (C=O) groups is 2. The molecule has 1 aliphatic heterocycles. The minimum Gasteiger partial charge on any atom is -0.427 e. The molecule has 3 rings (SSSR count). The fourth-order valence-corrected chi connectivity index (χ4v) is 4.60. The van der Waals surface area contributed by atoms with E-state index in [1.807, 2.05) is 0 Å². The lowest BCUT2D eigenvalue weighted by molar-refractivity contribution is -0.131. The minimum absolute atomic E-state index is 0.164. The number of nitrogens with one attached hydrogen (secondary N) is 1. The third kappa shape index (κ3) is 4.76. The largest absolute Gasteiger partial charge is 0.427 e. The number of benzene rings is 2. The number of piperidine rings is 1. The van der Waals surface area contributed by atoms with Crippen molar-refractivity contribution in [2.75, 3.05) is 18.4 Å².